The Balaban J connectivity index is 1.70. The van der Waals surface area contributed by atoms with Gasteiger partial charge in [0.1, 0.15) is 0 Å². The van der Waals surface area contributed by atoms with Crippen molar-refractivity contribution >= 4 is 17.4 Å². The van der Waals surface area contributed by atoms with Crippen LogP contribution in [0.4, 0.5) is 5.69 Å². The van der Waals surface area contributed by atoms with Crippen LogP contribution in [-0.4, -0.2) is 27.1 Å². The minimum atomic E-state index is -0.108. The Kier molecular flexibility index (Phi) is 3.51. The first-order valence-electron chi connectivity index (χ1n) is 6.94. The zero-order valence-corrected chi connectivity index (χ0v) is 11.7. The fourth-order valence-corrected chi connectivity index (χ4v) is 2.57. The largest absolute Gasteiger partial charge is 0.326 e. The minimum absolute atomic E-state index is 0.0176. The number of carbonyl (C=O) groups excluding carboxylic acids is 2. The molecule has 1 amide bonds. The van der Waals surface area contributed by atoms with Gasteiger partial charge in [-0.05, 0) is 31.9 Å². The Bertz CT molecular complexity index is 692. The van der Waals surface area contributed by atoms with E-state index in [-0.39, 0.29) is 17.6 Å². The van der Waals surface area contributed by atoms with Gasteiger partial charge in [0.15, 0.2) is 5.78 Å². The molecule has 6 nitrogen and oxygen atoms in total. The second kappa shape index (κ2) is 5.47. The number of nitrogens with zero attached hydrogens (tertiary/aromatic N) is 2. The molecule has 1 heterocycles. The summed E-state index contributed by atoms with van der Waals surface area (Å²) in [5, 5.41) is 13.6. The summed E-state index contributed by atoms with van der Waals surface area (Å²) < 4.78 is 0. The highest BCUT2D eigenvalue weighted by Crippen LogP contribution is 2.23. The number of aromatic nitrogens is 3. The number of Topliss-reactive ketones (excluding diaryl/α,β-unsaturated/α-hetero) is 1. The van der Waals surface area contributed by atoms with Crippen molar-refractivity contribution in [3.05, 3.63) is 41.2 Å². The number of fused-ring (bicyclic) bond motifs is 1. The number of rotatable bonds is 3. The minimum Gasteiger partial charge on any atom is -0.326 e. The highest BCUT2D eigenvalue weighted by atomic mass is 16.2. The molecule has 108 valence electrons. The molecule has 0 spiro atoms. The maximum absolute atomic E-state index is 12.3. The van der Waals surface area contributed by atoms with Crippen molar-refractivity contribution in [1.29, 1.82) is 0 Å². The van der Waals surface area contributed by atoms with Crippen molar-refractivity contribution in [2.75, 3.05) is 5.32 Å². The number of H-pyrrole nitrogens is 1. The molecule has 0 saturated heterocycles. The predicted molar refractivity (Wildman–Crippen MR) is 77.0 cm³/mol. The van der Waals surface area contributed by atoms with Crippen molar-refractivity contribution < 1.29 is 9.59 Å². The topological polar surface area (TPSA) is 87.7 Å². The first-order chi connectivity index (χ1) is 10.1. The van der Waals surface area contributed by atoms with Gasteiger partial charge >= 0.3 is 0 Å². The second-order valence-electron chi connectivity index (χ2n) is 5.28. The summed E-state index contributed by atoms with van der Waals surface area (Å²) in [5.74, 6) is -0.163. The van der Waals surface area contributed by atoms with Gasteiger partial charge in [0, 0.05) is 23.6 Å². The molecule has 2 aromatic rings. The number of amides is 1. The van der Waals surface area contributed by atoms with Crippen LogP contribution in [0, 0.1) is 5.92 Å². The van der Waals surface area contributed by atoms with Crippen LogP contribution >= 0.6 is 0 Å². The van der Waals surface area contributed by atoms with Crippen molar-refractivity contribution in [2.45, 2.75) is 26.2 Å². The lowest BCUT2D eigenvalue weighted by atomic mass is 9.89. The Labute approximate surface area is 121 Å². The lowest BCUT2D eigenvalue weighted by Crippen LogP contribution is -2.28. The van der Waals surface area contributed by atoms with Crippen LogP contribution in [0.1, 0.15) is 35.1 Å². The van der Waals surface area contributed by atoms with Crippen molar-refractivity contribution in [2.24, 2.45) is 5.92 Å². The molecule has 0 bridgehead atoms. The van der Waals surface area contributed by atoms with Gasteiger partial charge in [-0.15, -0.1) is 0 Å². The van der Waals surface area contributed by atoms with Crippen LogP contribution in [-0.2, 0) is 17.6 Å². The van der Waals surface area contributed by atoms with Crippen LogP contribution in [0.2, 0.25) is 0 Å². The number of ketones is 1. The molecule has 1 unspecified atom stereocenters. The van der Waals surface area contributed by atoms with Gasteiger partial charge in [-0.2, -0.15) is 15.4 Å². The third-order valence-electron chi connectivity index (χ3n) is 3.78. The lowest BCUT2D eigenvalue weighted by molar-refractivity contribution is -0.120. The summed E-state index contributed by atoms with van der Waals surface area (Å²) in [7, 11) is 0. The molecule has 1 aliphatic rings. The number of aryl methyl sites for hydroxylation is 1. The molecule has 1 atom stereocenters. The Morgan fingerprint density at radius 1 is 1.29 bits per heavy atom. The highest BCUT2D eigenvalue weighted by molar-refractivity contribution is 5.97. The van der Waals surface area contributed by atoms with E-state index in [1.165, 1.54) is 6.92 Å². The second-order valence-corrected chi connectivity index (χ2v) is 5.28. The van der Waals surface area contributed by atoms with E-state index in [0.717, 1.165) is 24.2 Å². The monoisotopic (exact) mass is 284 g/mol. The van der Waals surface area contributed by atoms with Gasteiger partial charge in [-0.3, -0.25) is 9.59 Å². The normalized spacial score (nSPS) is 17.1. The molecule has 2 N–H and O–H groups in total. The van der Waals surface area contributed by atoms with E-state index in [1.54, 1.807) is 24.3 Å². The average Bonchev–Trinajstić information content (AvgIpc) is 2.94. The molecule has 3 rings (SSSR count). The van der Waals surface area contributed by atoms with Crippen molar-refractivity contribution in [3.8, 4) is 0 Å². The zero-order valence-electron chi connectivity index (χ0n) is 11.7. The van der Waals surface area contributed by atoms with Gasteiger partial charge in [0.2, 0.25) is 5.91 Å². The Hall–Kier alpha value is -2.50. The lowest BCUT2D eigenvalue weighted by Gasteiger charge is -2.19. The van der Waals surface area contributed by atoms with Crippen LogP contribution in [0.5, 0.6) is 0 Å². The van der Waals surface area contributed by atoms with Crippen LogP contribution in [0.15, 0.2) is 24.3 Å². The molecule has 1 aliphatic carbocycles. The summed E-state index contributed by atoms with van der Waals surface area (Å²) in [6, 6.07) is 6.99. The molecule has 0 aliphatic heterocycles. The predicted octanol–water partition coefficient (Wildman–Crippen LogP) is 1.75. The van der Waals surface area contributed by atoms with Crippen molar-refractivity contribution in [3.63, 3.8) is 0 Å². The van der Waals surface area contributed by atoms with Crippen molar-refractivity contribution in [1.82, 2.24) is 15.4 Å². The standard InChI is InChI=1S/C15H16N4O2/c1-9(20)10-3-2-4-12(7-10)16-15(21)11-5-6-13-14(8-11)18-19-17-13/h2-4,7,11H,5-6,8H2,1H3,(H,16,21)(H,17,18,19). The molecule has 0 fully saturated rings. The quantitative estimate of drug-likeness (QED) is 0.840. The maximum Gasteiger partial charge on any atom is 0.227 e. The van der Waals surface area contributed by atoms with Gasteiger partial charge < -0.3 is 5.32 Å². The summed E-state index contributed by atoms with van der Waals surface area (Å²) in [5.41, 5.74) is 3.07. The maximum atomic E-state index is 12.3. The SMILES string of the molecule is CC(=O)c1cccc(NC(=O)C2CCc3n[nH]nc3C2)c1. The van der Waals surface area contributed by atoms with E-state index in [0.29, 0.717) is 17.7 Å². The third-order valence-corrected chi connectivity index (χ3v) is 3.78. The van der Waals surface area contributed by atoms with E-state index in [2.05, 4.69) is 20.7 Å². The molecule has 0 saturated carbocycles. The summed E-state index contributed by atoms with van der Waals surface area (Å²) in [6.07, 6.45) is 2.12. The molecule has 21 heavy (non-hydrogen) atoms. The third kappa shape index (κ3) is 2.84. The summed E-state index contributed by atoms with van der Waals surface area (Å²) in [4.78, 5) is 23.7. The number of anilines is 1. The summed E-state index contributed by atoms with van der Waals surface area (Å²) in [6.45, 7) is 1.51. The fraction of sp³-hybridized carbons (Fsp3) is 0.333. The van der Waals surface area contributed by atoms with E-state index < -0.39 is 0 Å². The number of carbonyl (C=O) groups is 2. The number of aromatic amines is 1. The number of hydrogen-bond donors (Lipinski definition) is 2. The molecule has 1 aromatic heterocycles. The van der Waals surface area contributed by atoms with E-state index in [9.17, 15) is 9.59 Å². The average molecular weight is 284 g/mol. The number of nitrogens with one attached hydrogen (secondary N) is 2. The first-order valence-corrected chi connectivity index (χ1v) is 6.94. The Morgan fingerprint density at radius 3 is 2.90 bits per heavy atom. The van der Waals surface area contributed by atoms with Crippen LogP contribution in [0.3, 0.4) is 0 Å². The fourth-order valence-electron chi connectivity index (χ4n) is 2.57. The van der Waals surface area contributed by atoms with Crippen LogP contribution < -0.4 is 5.32 Å². The zero-order chi connectivity index (χ0) is 14.8. The molecular weight excluding hydrogens is 268 g/mol. The van der Waals surface area contributed by atoms with Gasteiger partial charge in [-0.25, -0.2) is 0 Å². The molecular formula is C15H16N4O2. The molecule has 6 heteroatoms. The van der Waals surface area contributed by atoms with E-state index in [1.807, 2.05) is 0 Å². The number of hydrogen-bond acceptors (Lipinski definition) is 4. The van der Waals surface area contributed by atoms with Gasteiger partial charge in [0.05, 0.1) is 11.4 Å². The molecule has 1 aromatic carbocycles. The van der Waals surface area contributed by atoms with E-state index in [4.69, 9.17) is 0 Å². The molecule has 0 radical (unpaired) electrons. The van der Waals surface area contributed by atoms with E-state index >= 15 is 0 Å². The highest BCUT2D eigenvalue weighted by Gasteiger charge is 2.27. The van der Waals surface area contributed by atoms with Gasteiger partial charge in [0.25, 0.3) is 0 Å². The smallest absolute Gasteiger partial charge is 0.227 e. The van der Waals surface area contributed by atoms with Gasteiger partial charge in [-0.1, -0.05) is 12.1 Å². The summed E-state index contributed by atoms with van der Waals surface area (Å²) >= 11 is 0. The number of benzene rings is 1. The first kappa shape index (κ1) is 13.5. The van der Waals surface area contributed by atoms with Crippen LogP contribution in [0.25, 0.3) is 0 Å². The Morgan fingerprint density at radius 2 is 2.10 bits per heavy atom.